The Balaban J connectivity index is 2.01. The Morgan fingerprint density at radius 3 is 2.47 bits per heavy atom. The maximum Gasteiger partial charge on any atom is 0.321 e. The van der Waals surface area contributed by atoms with Crippen molar-refractivity contribution in [1.82, 2.24) is 19.4 Å². The van der Waals surface area contributed by atoms with Crippen LogP contribution in [0.1, 0.15) is 18.3 Å². The molecule has 32 heavy (non-hydrogen) atoms. The first-order valence-electron chi connectivity index (χ1n) is 9.47. The van der Waals surface area contributed by atoms with Gasteiger partial charge in [-0.2, -0.15) is 28.4 Å². The van der Waals surface area contributed by atoms with Gasteiger partial charge in [0.05, 0.1) is 11.6 Å². The van der Waals surface area contributed by atoms with Crippen molar-refractivity contribution in [1.29, 1.82) is 0 Å². The van der Waals surface area contributed by atoms with Gasteiger partial charge in [-0.3, -0.25) is 4.84 Å². The van der Waals surface area contributed by atoms with Crippen LogP contribution in [-0.4, -0.2) is 40.4 Å². The second-order valence-corrected chi connectivity index (χ2v) is 8.42. The highest BCUT2D eigenvalue weighted by Gasteiger charge is 2.30. The fourth-order valence-electron chi connectivity index (χ4n) is 2.54. The van der Waals surface area contributed by atoms with Crippen LogP contribution in [0.4, 0.5) is 5.95 Å². The van der Waals surface area contributed by atoms with Crippen LogP contribution in [0.25, 0.3) is 0 Å². The standard InChI is InChI=1S/C20H21ClN6O4S/c1-3-30-20-24-14(2)23-19(26-20)25-18(22)27(31-13-15-9-5-4-6-10-15)32(28,29)17-12-8-7-11-16(17)21/h4-12H,3,13H2,1-2H3,(H2,22,23,24,25,26). The SMILES string of the molecule is CCOc1nc(C)nc(N=C(N)N(OCc2ccccc2)S(=O)(=O)c2ccccc2Cl)n1. The van der Waals surface area contributed by atoms with E-state index in [4.69, 9.17) is 26.9 Å². The van der Waals surface area contributed by atoms with Gasteiger partial charge in [0.25, 0.3) is 16.0 Å². The molecule has 0 spiro atoms. The maximum atomic E-state index is 13.3. The fraction of sp³-hybridized carbons (Fsp3) is 0.200. The van der Waals surface area contributed by atoms with Crippen molar-refractivity contribution < 1.29 is 18.0 Å². The van der Waals surface area contributed by atoms with E-state index in [1.54, 1.807) is 44.2 Å². The van der Waals surface area contributed by atoms with Crippen LogP contribution in [0.2, 0.25) is 5.02 Å². The van der Waals surface area contributed by atoms with Gasteiger partial charge in [0.15, 0.2) is 0 Å². The molecule has 0 amide bonds. The molecule has 0 aliphatic heterocycles. The average Bonchev–Trinajstić information content (AvgIpc) is 2.74. The maximum absolute atomic E-state index is 13.3. The second kappa shape index (κ2) is 10.4. The quantitative estimate of drug-likeness (QED) is 0.298. The second-order valence-electron chi connectivity index (χ2n) is 6.29. The van der Waals surface area contributed by atoms with Gasteiger partial charge in [-0.25, -0.2) is 0 Å². The summed E-state index contributed by atoms with van der Waals surface area (Å²) in [5.41, 5.74) is 6.77. The van der Waals surface area contributed by atoms with Crippen LogP contribution in [0.5, 0.6) is 6.01 Å². The number of hydroxylamine groups is 1. The van der Waals surface area contributed by atoms with E-state index < -0.39 is 16.0 Å². The highest BCUT2D eigenvalue weighted by Crippen LogP contribution is 2.25. The monoisotopic (exact) mass is 476 g/mol. The molecular weight excluding hydrogens is 456 g/mol. The minimum atomic E-state index is -4.33. The number of nitrogens with two attached hydrogens (primary N) is 1. The molecule has 1 heterocycles. The number of halogens is 1. The zero-order valence-corrected chi connectivity index (χ0v) is 18.9. The van der Waals surface area contributed by atoms with E-state index in [9.17, 15) is 8.42 Å². The summed E-state index contributed by atoms with van der Waals surface area (Å²) < 4.78 is 32.4. The first kappa shape index (κ1) is 23.4. The van der Waals surface area contributed by atoms with E-state index in [0.717, 1.165) is 0 Å². The molecule has 3 rings (SSSR count). The van der Waals surface area contributed by atoms with Crippen molar-refractivity contribution in [3.8, 4) is 6.01 Å². The predicted molar refractivity (Wildman–Crippen MR) is 119 cm³/mol. The normalized spacial score (nSPS) is 11.9. The molecule has 12 heteroatoms. The highest BCUT2D eigenvalue weighted by atomic mass is 35.5. The summed E-state index contributed by atoms with van der Waals surface area (Å²) in [5, 5.41) is 0.00301. The van der Waals surface area contributed by atoms with Crippen molar-refractivity contribution in [3.63, 3.8) is 0 Å². The number of sulfonamides is 1. The lowest BCUT2D eigenvalue weighted by Crippen LogP contribution is -2.41. The molecule has 10 nitrogen and oxygen atoms in total. The Morgan fingerprint density at radius 2 is 1.78 bits per heavy atom. The molecule has 1 aromatic heterocycles. The molecule has 0 saturated carbocycles. The van der Waals surface area contributed by atoms with Gasteiger partial charge >= 0.3 is 6.01 Å². The van der Waals surface area contributed by atoms with Gasteiger partial charge in [-0.1, -0.05) is 54.1 Å². The molecule has 2 N–H and O–H groups in total. The van der Waals surface area contributed by atoms with Crippen molar-refractivity contribution in [3.05, 3.63) is 71.0 Å². The summed E-state index contributed by atoms with van der Waals surface area (Å²) >= 11 is 6.12. The van der Waals surface area contributed by atoms with Gasteiger partial charge in [0, 0.05) is 0 Å². The molecule has 0 fully saturated rings. The summed E-state index contributed by atoms with van der Waals surface area (Å²) in [6.45, 7) is 3.62. The van der Waals surface area contributed by atoms with Crippen molar-refractivity contribution >= 4 is 33.5 Å². The van der Waals surface area contributed by atoms with Crippen LogP contribution in [0, 0.1) is 6.92 Å². The summed E-state index contributed by atoms with van der Waals surface area (Å²) in [4.78, 5) is 21.5. The minimum absolute atomic E-state index is 0.00301. The van der Waals surface area contributed by atoms with Crippen LogP contribution < -0.4 is 10.5 Å². The summed E-state index contributed by atoms with van der Waals surface area (Å²) in [7, 11) is -4.33. The molecule has 2 aromatic carbocycles. The number of nitrogens with zero attached hydrogens (tertiary/aromatic N) is 5. The number of hydrogen-bond donors (Lipinski definition) is 1. The van der Waals surface area contributed by atoms with E-state index in [1.807, 2.05) is 6.07 Å². The van der Waals surface area contributed by atoms with Crippen LogP contribution in [0.15, 0.2) is 64.5 Å². The van der Waals surface area contributed by atoms with Crippen molar-refractivity contribution in [2.24, 2.45) is 10.7 Å². The largest absolute Gasteiger partial charge is 0.464 e. The van der Waals surface area contributed by atoms with E-state index in [-0.39, 0.29) is 28.5 Å². The van der Waals surface area contributed by atoms with Gasteiger partial charge in [-0.15, -0.1) is 4.47 Å². The Kier molecular flexibility index (Phi) is 7.57. The Bertz CT molecular complexity index is 1210. The van der Waals surface area contributed by atoms with Gasteiger partial charge in [0.2, 0.25) is 5.96 Å². The molecular formula is C20H21ClN6O4S. The number of ether oxygens (including phenoxy) is 1. The molecule has 0 aliphatic carbocycles. The number of benzene rings is 2. The van der Waals surface area contributed by atoms with Crippen LogP contribution in [-0.2, 0) is 21.5 Å². The molecule has 0 bridgehead atoms. The number of aryl methyl sites for hydroxylation is 1. The number of rotatable bonds is 8. The number of hydrogen-bond acceptors (Lipinski definition) is 8. The molecule has 0 atom stereocenters. The third-order valence-electron chi connectivity index (χ3n) is 3.91. The minimum Gasteiger partial charge on any atom is -0.464 e. The first-order valence-corrected chi connectivity index (χ1v) is 11.3. The van der Waals surface area contributed by atoms with Gasteiger partial charge < -0.3 is 10.5 Å². The lowest BCUT2D eigenvalue weighted by Gasteiger charge is -2.22. The predicted octanol–water partition coefficient (Wildman–Crippen LogP) is 3.00. The van der Waals surface area contributed by atoms with Gasteiger partial charge in [-0.05, 0) is 31.5 Å². The summed E-state index contributed by atoms with van der Waals surface area (Å²) in [6, 6.07) is 14.9. The van der Waals surface area contributed by atoms with Crippen molar-refractivity contribution in [2.45, 2.75) is 25.3 Å². The molecule has 0 saturated heterocycles. The highest BCUT2D eigenvalue weighted by molar-refractivity contribution is 7.89. The van der Waals surface area contributed by atoms with Crippen molar-refractivity contribution in [2.75, 3.05) is 6.61 Å². The van der Waals surface area contributed by atoms with E-state index >= 15 is 0 Å². The zero-order valence-electron chi connectivity index (χ0n) is 17.3. The Hall–Kier alpha value is -3.28. The number of aliphatic imine (C=N–C) groups is 1. The molecule has 0 radical (unpaired) electrons. The van der Waals surface area contributed by atoms with Gasteiger partial charge in [0.1, 0.15) is 17.3 Å². The number of guanidine groups is 1. The fourth-order valence-corrected chi connectivity index (χ4v) is 4.19. The van der Waals surface area contributed by atoms with E-state index in [0.29, 0.717) is 22.5 Å². The molecule has 0 unspecified atom stereocenters. The summed E-state index contributed by atoms with van der Waals surface area (Å²) in [6.07, 6.45) is 0. The third kappa shape index (κ3) is 5.69. The number of aromatic nitrogens is 3. The third-order valence-corrected chi connectivity index (χ3v) is 6.00. The topological polar surface area (TPSA) is 133 Å². The molecule has 168 valence electrons. The Labute approximate surface area is 190 Å². The summed E-state index contributed by atoms with van der Waals surface area (Å²) in [5.74, 6) is -0.337. The Morgan fingerprint density at radius 1 is 1.09 bits per heavy atom. The smallest absolute Gasteiger partial charge is 0.321 e. The lowest BCUT2D eigenvalue weighted by atomic mass is 10.2. The van der Waals surface area contributed by atoms with E-state index in [2.05, 4.69) is 19.9 Å². The first-order chi connectivity index (χ1) is 15.3. The lowest BCUT2D eigenvalue weighted by molar-refractivity contribution is -0.0422. The van der Waals surface area contributed by atoms with Crippen LogP contribution >= 0.6 is 11.6 Å². The molecule has 3 aromatic rings. The zero-order chi connectivity index (χ0) is 23.1. The van der Waals surface area contributed by atoms with E-state index in [1.165, 1.54) is 18.2 Å². The average molecular weight is 477 g/mol. The molecule has 0 aliphatic rings. The van der Waals surface area contributed by atoms with Crippen LogP contribution in [0.3, 0.4) is 0 Å².